The van der Waals surface area contributed by atoms with Crippen LogP contribution in [-0.2, 0) is 0 Å². The Bertz CT molecular complexity index is 75.5. The molecule has 0 saturated carbocycles. The number of nitrogens with one attached hydrogen (secondary N) is 1. The molecule has 0 saturated heterocycles. The summed E-state index contributed by atoms with van der Waals surface area (Å²) in [6.45, 7) is 6.14. The molecular formula is C7H16FN. The molecular weight excluding hydrogens is 117 g/mol. The highest BCUT2D eigenvalue weighted by atomic mass is 19.1. The minimum absolute atomic E-state index is 0.219. The van der Waals surface area contributed by atoms with Crippen molar-refractivity contribution < 1.29 is 4.39 Å². The highest BCUT2D eigenvalue weighted by Gasteiger charge is 2.22. The van der Waals surface area contributed by atoms with Crippen LogP contribution in [0, 0.1) is 5.41 Å². The zero-order chi connectivity index (χ0) is 7.49. The van der Waals surface area contributed by atoms with Crippen molar-refractivity contribution in [1.82, 2.24) is 5.32 Å². The molecule has 0 aromatic rings. The van der Waals surface area contributed by atoms with Crippen LogP contribution in [0.4, 0.5) is 4.39 Å². The van der Waals surface area contributed by atoms with Crippen LogP contribution in [0.25, 0.3) is 0 Å². The molecule has 1 atom stereocenters. The average Bonchev–Trinajstić information content (AvgIpc) is 1.64. The molecule has 0 heterocycles. The maximum Gasteiger partial charge on any atom is 0.117 e. The molecule has 0 aromatic carbocycles. The van der Waals surface area contributed by atoms with E-state index in [0.29, 0.717) is 6.54 Å². The van der Waals surface area contributed by atoms with Gasteiger partial charge in [0, 0.05) is 6.54 Å². The molecule has 0 aromatic heterocycles. The average molecular weight is 133 g/mol. The lowest BCUT2D eigenvalue weighted by atomic mass is 9.90. The maximum absolute atomic E-state index is 12.8. The molecule has 0 aliphatic rings. The molecule has 0 fully saturated rings. The zero-order valence-electron chi connectivity index (χ0n) is 6.66. The Hall–Kier alpha value is -0.110. The summed E-state index contributed by atoms with van der Waals surface area (Å²) in [5, 5.41) is 2.80. The van der Waals surface area contributed by atoms with Gasteiger partial charge in [-0.2, -0.15) is 0 Å². The Morgan fingerprint density at radius 3 is 2.00 bits per heavy atom. The van der Waals surface area contributed by atoms with Gasteiger partial charge in [0.25, 0.3) is 0 Å². The third kappa shape index (κ3) is 3.46. The van der Waals surface area contributed by atoms with E-state index in [1.165, 1.54) is 0 Å². The maximum atomic E-state index is 12.8. The quantitative estimate of drug-likeness (QED) is 0.603. The van der Waals surface area contributed by atoms with Crippen LogP contribution in [-0.4, -0.2) is 19.8 Å². The summed E-state index contributed by atoms with van der Waals surface area (Å²) in [6.07, 6.45) is -0.748. The number of alkyl halides is 1. The number of hydrogen-bond donors (Lipinski definition) is 1. The summed E-state index contributed by atoms with van der Waals surface area (Å²) in [4.78, 5) is 0. The smallest absolute Gasteiger partial charge is 0.117 e. The fourth-order valence-corrected chi connectivity index (χ4v) is 0.485. The van der Waals surface area contributed by atoms with Crippen LogP contribution in [0.15, 0.2) is 0 Å². The van der Waals surface area contributed by atoms with Gasteiger partial charge in [0.2, 0.25) is 0 Å². The SMILES string of the molecule is CNCC(F)C(C)(C)C. The third-order valence-corrected chi connectivity index (χ3v) is 1.32. The normalized spacial score (nSPS) is 15.7. The predicted molar refractivity (Wildman–Crippen MR) is 38.3 cm³/mol. The molecule has 0 aliphatic carbocycles. The molecule has 1 unspecified atom stereocenters. The molecule has 0 spiro atoms. The molecule has 0 bridgehead atoms. The minimum atomic E-state index is -0.748. The molecule has 0 aliphatic heterocycles. The lowest BCUT2D eigenvalue weighted by molar-refractivity contribution is 0.162. The van der Waals surface area contributed by atoms with Gasteiger partial charge in [-0.25, -0.2) is 4.39 Å². The van der Waals surface area contributed by atoms with Crippen molar-refractivity contribution in [2.75, 3.05) is 13.6 Å². The lowest BCUT2D eigenvalue weighted by Gasteiger charge is -2.22. The van der Waals surface area contributed by atoms with Gasteiger partial charge in [0.05, 0.1) is 0 Å². The van der Waals surface area contributed by atoms with Crippen LogP contribution in [0.5, 0.6) is 0 Å². The molecule has 56 valence electrons. The highest BCUT2D eigenvalue weighted by Crippen LogP contribution is 2.20. The van der Waals surface area contributed by atoms with Gasteiger partial charge in [-0.15, -0.1) is 0 Å². The van der Waals surface area contributed by atoms with Gasteiger partial charge in [-0.05, 0) is 12.5 Å². The number of halogens is 1. The van der Waals surface area contributed by atoms with Crippen LogP contribution < -0.4 is 5.32 Å². The first-order valence-corrected chi connectivity index (χ1v) is 3.27. The van der Waals surface area contributed by atoms with E-state index in [0.717, 1.165) is 0 Å². The van der Waals surface area contributed by atoms with Gasteiger partial charge in [-0.1, -0.05) is 20.8 Å². The standard InChI is InChI=1S/C7H16FN/c1-7(2,3)6(8)5-9-4/h6,9H,5H2,1-4H3. The Kier molecular flexibility index (Phi) is 3.12. The summed E-state index contributed by atoms with van der Waals surface area (Å²) < 4.78 is 12.8. The Morgan fingerprint density at radius 1 is 1.44 bits per heavy atom. The molecule has 0 amide bonds. The monoisotopic (exact) mass is 133 g/mol. The zero-order valence-corrected chi connectivity index (χ0v) is 6.66. The van der Waals surface area contributed by atoms with Gasteiger partial charge in [-0.3, -0.25) is 0 Å². The summed E-state index contributed by atoms with van der Waals surface area (Å²) in [6, 6.07) is 0. The van der Waals surface area contributed by atoms with E-state index >= 15 is 0 Å². The first-order chi connectivity index (χ1) is 3.98. The van der Waals surface area contributed by atoms with Crippen molar-refractivity contribution in [3.8, 4) is 0 Å². The van der Waals surface area contributed by atoms with Gasteiger partial charge >= 0.3 is 0 Å². The summed E-state index contributed by atoms with van der Waals surface area (Å²) in [5.74, 6) is 0. The van der Waals surface area contributed by atoms with E-state index in [1.807, 2.05) is 20.8 Å². The van der Waals surface area contributed by atoms with E-state index in [2.05, 4.69) is 5.32 Å². The van der Waals surface area contributed by atoms with Crippen LogP contribution in [0.3, 0.4) is 0 Å². The number of rotatable bonds is 2. The van der Waals surface area contributed by atoms with Crippen molar-refractivity contribution in [3.05, 3.63) is 0 Å². The van der Waals surface area contributed by atoms with E-state index in [-0.39, 0.29) is 5.41 Å². The second kappa shape index (κ2) is 3.16. The van der Waals surface area contributed by atoms with Crippen LogP contribution in [0.2, 0.25) is 0 Å². The van der Waals surface area contributed by atoms with Crippen molar-refractivity contribution in [2.45, 2.75) is 26.9 Å². The van der Waals surface area contributed by atoms with Crippen molar-refractivity contribution >= 4 is 0 Å². The summed E-state index contributed by atoms with van der Waals surface area (Å²) in [7, 11) is 1.76. The first kappa shape index (κ1) is 8.89. The van der Waals surface area contributed by atoms with Crippen molar-refractivity contribution in [1.29, 1.82) is 0 Å². The van der Waals surface area contributed by atoms with E-state index in [4.69, 9.17) is 0 Å². The lowest BCUT2D eigenvalue weighted by Crippen LogP contribution is -2.31. The van der Waals surface area contributed by atoms with Crippen LogP contribution in [0.1, 0.15) is 20.8 Å². The van der Waals surface area contributed by atoms with Crippen molar-refractivity contribution in [3.63, 3.8) is 0 Å². The van der Waals surface area contributed by atoms with Crippen molar-refractivity contribution in [2.24, 2.45) is 5.41 Å². The topological polar surface area (TPSA) is 12.0 Å². The summed E-state index contributed by atoms with van der Waals surface area (Å²) >= 11 is 0. The molecule has 2 heteroatoms. The van der Waals surface area contributed by atoms with Gasteiger partial charge in [0.15, 0.2) is 0 Å². The summed E-state index contributed by atoms with van der Waals surface area (Å²) in [5.41, 5.74) is -0.219. The van der Waals surface area contributed by atoms with Crippen LogP contribution >= 0.6 is 0 Å². The van der Waals surface area contributed by atoms with E-state index in [1.54, 1.807) is 7.05 Å². The Balaban J connectivity index is 3.59. The molecule has 1 nitrogen and oxygen atoms in total. The molecule has 0 radical (unpaired) electrons. The van der Waals surface area contributed by atoms with E-state index in [9.17, 15) is 4.39 Å². The Labute approximate surface area is 56.6 Å². The largest absolute Gasteiger partial charge is 0.317 e. The third-order valence-electron chi connectivity index (χ3n) is 1.32. The fraction of sp³-hybridized carbons (Fsp3) is 1.00. The Morgan fingerprint density at radius 2 is 1.89 bits per heavy atom. The molecule has 9 heavy (non-hydrogen) atoms. The second-order valence-corrected chi connectivity index (χ2v) is 3.39. The van der Waals surface area contributed by atoms with E-state index < -0.39 is 6.17 Å². The second-order valence-electron chi connectivity index (χ2n) is 3.39. The molecule has 0 rings (SSSR count). The predicted octanol–water partition coefficient (Wildman–Crippen LogP) is 1.59. The number of hydrogen-bond acceptors (Lipinski definition) is 1. The fourth-order valence-electron chi connectivity index (χ4n) is 0.485. The van der Waals surface area contributed by atoms with Gasteiger partial charge < -0.3 is 5.32 Å². The minimum Gasteiger partial charge on any atom is -0.317 e. The van der Waals surface area contributed by atoms with Gasteiger partial charge in [0.1, 0.15) is 6.17 Å². The highest BCUT2D eigenvalue weighted by molar-refractivity contribution is 4.73. The molecule has 1 N–H and O–H groups in total. The first-order valence-electron chi connectivity index (χ1n) is 3.27.